The van der Waals surface area contributed by atoms with Crippen molar-refractivity contribution in [2.75, 3.05) is 5.32 Å². The van der Waals surface area contributed by atoms with Gasteiger partial charge in [-0.15, -0.1) is 12.4 Å². The molecule has 0 saturated heterocycles. The number of nitrogens with two attached hydrogens (primary N) is 1. The van der Waals surface area contributed by atoms with Crippen molar-refractivity contribution in [3.8, 4) is 0 Å². The number of hydrogen-bond acceptors (Lipinski definition) is 3. The van der Waals surface area contributed by atoms with Crippen molar-refractivity contribution in [1.29, 1.82) is 0 Å². The number of rotatable bonds is 3. The third-order valence-electron chi connectivity index (χ3n) is 2.72. The zero-order chi connectivity index (χ0) is 11.7. The van der Waals surface area contributed by atoms with Gasteiger partial charge >= 0.3 is 5.97 Å². The molecule has 2 unspecified atom stereocenters. The van der Waals surface area contributed by atoms with Gasteiger partial charge in [0.25, 0.3) is 0 Å². The summed E-state index contributed by atoms with van der Waals surface area (Å²) in [6.45, 7) is 0. The van der Waals surface area contributed by atoms with Crippen LogP contribution in [-0.4, -0.2) is 23.0 Å². The topological polar surface area (TPSA) is 92.4 Å². The van der Waals surface area contributed by atoms with E-state index in [1.54, 1.807) is 6.07 Å². The summed E-state index contributed by atoms with van der Waals surface area (Å²) in [4.78, 5) is 22.3. The van der Waals surface area contributed by atoms with Crippen LogP contribution in [0.15, 0.2) is 24.3 Å². The smallest absolute Gasteiger partial charge is 0.320 e. The summed E-state index contributed by atoms with van der Waals surface area (Å²) in [5.41, 5.74) is 7.00. The molecule has 5 nitrogen and oxygen atoms in total. The molecule has 0 spiro atoms. The first-order chi connectivity index (χ1) is 7.59. The number of benzene rings is 1. The molecule has 2 rings (SSSR count). The average molecular weight is 257 g/mol. The van der Waals surface area contributed by atoms with Gasteiger partial charge in [0.1, 0.15) is 6.04 Å². The van der Waals surface area contributed by atoms with Crippen LogP contribution >= 0.6 is 12.4 Å². The fourth-order valence-corrected chi connectivity index (χ4v) is 1.86. The molecule has 6 heteroatoms. The first kappa shape index (κ1) is 13.5. The molecule has 0 radical (unpaired) electrons. The maximum Gasteiger partial charge on any atom is 0.320 e. The molecule has 0 bridgehead atoms. The van der Waals surface area contributed by atoms with Crippen LogP contribution in [0.4, 0.5) is 5.69 Å². The fourth-order valence-electron chi connectivity index (χ4n) is 1.86. The van der Waals surface area contributed by atoms with Crippen molar-refractivity contribution in [3.05, 3.63) is 29.8 Å². The number of carbonyl (C=O) groups excluding carboxylic acids is 1. The van der Waals surface area contributed by atoms with E-state index in [-0.39, 0.29) is 24.7 Å². The fraction of sp³-hybridized carbons (Fsp3) is 0.273. The molecule has 17 heavy (non-hydrogen) atoms. The maximum atomic E-state index is 11.6. The van der Waals surface area contributed by atoms with Crippen LogP contribution < -0.4 is 11.1 Å². The zero-order valence-electron chi connectivity index (χ0n) is 8.92. The Bertz CT molecular complexity index is 450. The largest absolute Gasteiger partial charge is 0.480 e. The van der Waals surface area contributed by atoms with E-state index in [1.165, 1.54) is 0 Å². The Morgan fingerprint density at radius 3 is 2.76 bits per heavy atom. The predicted octanol–water partition coefficient (Wildman–Crippen LogP) is 0.946. The zero-order valence-corrected chi connectivity index (χ0v) is 9.74. The lowest BCUT2D eigenvalue weighted by atomic mass is 9.94. The van der Waals surface area contributed by atoms with Crippen molar-refractivity contribution in [2.24, 2.45) is 5.73 Å². The normalized spacial score (nSPS) is 18.9. The second kappa shape index (κ2) is 5.16. The number of amides is 1. The molecule has 1 aliphatic heterocycles. The van der Waals surface area contributed by atoms with Crippen LogP contribution in [0.3, 0.4) is 0 Å². The van der Waals surface area contributed by atoms with Crippen molar-refractivity contribution < 1.29 is 14.7 Å². The van der Waals surface area contributed by atoms with Gasteiger partial charge in [-0.3, -0.25) is 9.59 Å². The number of carbonyl (C=O) groups is 2. The van der Waals surface area contributed by atoms with E-state index in [9.17, 15) is 9.59 Å². The lowest BCUT2D eigenvalue weighted by Crippen LogP contribution is -2.33. The van der Waals surface area contributed by atoms with Crippen LogP contribution in [0.5, 0.6) is 0 Å². The van der Waals surface area contributed by atoms with Crippen molar-refractivity contribution >= 4 is 30.0 Å². The molecule has 1 amide bonds. The Balaban J connectivity index is 0.00000144. The Labute approximate surface area is 104 Å². The van der Waals surface area contributed by atoms with Crippen molar-refractivity contribution in [1.82, 2.24) is 0 Å². The molecule has 0 fully saturated rings. The monoisotopic (exact) mass is 256 g/mol. The Morgan fingerprint density at radius 2 is 2.12 bits per heavy atom. The molecule has 1 heterocycles. The molecule has 92 valence electrons. The van der Waals surface area contributed by atoms with Gasteiger partial charge in [-0.2, -0.15) is 0 Å². The summed E-state index contributed by atoms with van der Waals surface area (Å²) >= 11 is 0. The van der Waals surface area contributed by atoms with Gasteiger partial charge in [0.2, 0.25) is 5.91 Å². The van der Waals surface area contributed by atoms with Crippen LogP contribution in [0, 0.1) is 0 Å². The molecule has 1 aliphatic rings. The molecule has 1 aromatic rings. The average Bonchev–Trinajstić information content (AvgIpc) is 2.55. The first-order valence-electron chi connectivity index (χ1n) is 4.98. The maximum absolute atomic E-state index is 11.6. The standard InChI is InChI=1S/C11H12N2O3.ClH/c12-8(11(15)16)5-7-6-3-1-2-4-9(6)13-10(7)14;/h1-4,7-8H,5,12H2,(H,13,14)(H,15,16);1H. The SMILES string of the molecule is Cl.NC(CC1C(=O)Nc2ccccc21)C(=O)O. The Kier molecular flexibility index (Phi) is 4.09. The quantitative estimate of drug-likeness (QED) is 0.751. The van der Waals surface area contributed by atoms with Crippen LogP contribution in [0.25, 0.3) is 0 Å². The minimum absolute atomic E-state index is 0. The third kappa shape index (κ3) is 2.57. The van der Waals surface area contributed by atoms with E-state index in [4.69, 9.17) is 10.8 Å². The first-order valence-corrected chi connectivity index (χ1v) is 4.98. The number of hydrogen-bond donors (Lipinski definition) is 3. The van der Waals surface area contributed by atoms with E-state index in [2.05, 4.69) is 5.32 Å². The molecular formula is C11H13ClN2O3. The molecule has 4 N–H and O–H groups in total. The van der Waals surface area contributed by atoms with E-state index >= 15 is 0 Å². The Morgan fingerprint density at radius 1 is 1.47 bits per heavy atom. The second-order valence-corrected chi connectivity index (χ2v) is 3.81. The van der Waals surface area contributed by atoms with E-state index in [0.717, 1.165) is 11.3 Å². The van der Waals surface area contributed by atoms with Crippen molar-refractivity contribution in [2.45, 2.75) is 18.4 Å². The second-order valence-electron chi connectivity index (χ2n) is 3.81. The van der Waals surface area contributed by atoms with Gasteiger partial charge in [0.05, 0.1) is 5.92 Å². The lowest BCUT2D eigenvalue weighted by Gasteiger charge is -2.11. The summed E-state index contributed by atoms with van der Waals surface area (Å²) < 4.78 is 0. The number of halogens is 1. The summed E-state index contributed by atoms with van der Waals surface area (Å²) in [7, 11) is 0. The lowest BCUT2D eigenvalue weighted by molar-refractivity contribution is -0.138. The van der Waals surface area contributed by atoms with Crippen LogP contribution in [0.2, 0.25) is 0 Å². The van der Waals surface area contributed by atoms with Gasteiger partial charge in [-0.05, 0) is 18.1 Å². The van der Waals surface area contributed by atoms with Crippen molar-refractivity contribution in [3.63, 3.8) is 0 Å². The van der Waals surface area contributed by atoms with Gasteiger partial charge in [0.15, 0.2) is 0 Å². The van der Waals surface area contributed by atoms with Gasteiger partial charge in [-0.1, -0.05) is 18.2 Å². The molecule has 1 aromatic carbocycles. The summed E-state index contributed by atoms with van der Waals surface area (Å²) in [5, 5.41) is 11.4. The minimum Gasteiger partial charge on any atom is -0.480 e. The highest BCUT2D eigenvalue weighted by Gasteiger charge is 2.32. The minimum atomic E-state index is -1.09. The number of carboxylic acid groups (broad SMARTS) is 1. The summed E-state index contributed by atoms with van der Waals surface area (Å²) in [6, 6.07) is 6.23. The molecule has 0 saturated carbocycles. The third-order valence-corrected chi connectivity index (χ3v) is 2.72. The summed E-state index contributed by atoms with van der Waals surface area (Å²) in [5.74, 6) is -1.72. The highest BCUT2D eigenvalue weighted by Crippen LogP contribution is 2.34. The molecule has 0 aliphatic carbocycles. The molecule has 2 atom stereocenters. The number of anilines is 1. The summed E-state index contributed by atoms with van der Waals surface area (Å²) in [6.07, 6.45) is 0.123. The van der Waals surface area contributed by atoms with Gasteiger partial charge in [0, 0.05) is 5.69 Å². The highest BCUT2D eigenvalue weighted by atomic mass is 35.5. The number of carboxylic acids is 1. The number of nitrogens with one attached hydrogen (secondary N) is 1. The highest BCUT2D eigenvalue weighted by molar-refractivity contribution is 6.03. The number of aliphatic carboxylic acids is 1. The number of fused-ring (bicyclic) bond motifs is 1. The van der Waals surface area contributed by atoms with Crippen LogP contribution in [0.1, 0.15) is 17.9 Å². The van der Waals surface area contributed by atoms with E-state index < -0.39 is 17.9 Å². The van der Waals surface area contributed by atoms with Gasteiger partial charge in [-0.25, -0.2) is 0 Å². The van der Waals surface area contributed by atoms with Gasteiger partial charge < -0.3 is 16.2 Å². The molecular weight excluding hydrogens is 244 g/mol. The van der Waals surface area contributed by atoms with Crippen LogP contribution in [-0.2, 0) is 9.59 Å². The number of para-hydroxylation sites is 1. The predicted molar refractivity (Wildman–Crippen MR) is 65.3 cm³/mol. The van der Waals surface area contributed by atoms with E-state index in [1.807, 2.05) is 18.2 Å². The Hall–Kier alpha value is -1.59. The van der Waals surface area contributed by atoms with E-state index in [0.29, 0.717) is 0 Å². The molecule has 0 aromatic heterocycles.